The Kier molecular flexibility index (Phi) is 4.38. The van der Waals surface area contributed by atoms with Crippen molar-refractivity contribution in [3.8, 4) is 11.4 Å². The lowest BCUT2D eigenvalue weighted by Crippen LogP contribution is -2.25. The maximum Gasteiger partial charge on any atom is 0.228 e. The number of nitrogens with zero attached hydrogens (tertiary/aromatic N) is 5. The summed E-state index contributed by atoms with van der Waals surface area (Å²) in [7, 11) is 0. The van der Waals surface area contributed by atoms with Crippen molar-refractivity contribution in [3.63, 3.8) is 0 Å². The standard InChI is InChI=1S/C22H23FN6/c1-13(2)19-12-25-29-21(19)27-20(16-8-17(23)11-24-10-16)28-22(29)26-18-7-6-14-4-3-5-15(14)9-18/h3,5,8,10-13,18H,4,6-7,9H2,1-2H3,(H,26,27,28)/t18-/m0/s1. The van der Waals surface area contributed by atoms with Crippen molar-refractivity contribution in [1.29, 1.82) is 0 Å². The van der Waals surface area contributed by atoms with Gasteiger partial charge in [0.15, 0.2) is 11.5 Å². The van der Waals surface area contributed by atoms with Crippen molar-refractivity contribution < 1.29 is 4.39 Å². The first-order chi connectivity index (χ1) is 14.1. The second-order valence-corrected chi connectivity index (χ2v) is 8.07. The van der Waals surface area contributed by atoms with Crippen LogP contribution < -0.4 is 5.32 Å². The number of rotatable bonds is 4. The van der Waals surface area contributed by atoms with Crippen molar-refractivity contribution in [2.45, 2.75) is 51.5 Å². The Bertz CT molecular complexity index is 1140. The number of nitrogens with one attached hydrogen (secondary N) is 1. The zero-order valence-corrected chi connectivity index (χ0v) is 16.6. The minimum Gasteiger partial charge on any atom is -0.351 e. The number of hydrogen-bond acceptors (Lipinski definition) is 5. The van der Waals surface area contributed by atoms with Crippen LogP contribution in [0.2, 0.25) is 0 Å². The van der Waals surface area contributed by atoms with Crippen LogP contribution in [0.3, 0.4) is 0 Å². The number of hydrogen-bond donors (Lipinski definition) is 1. The summed E-state index contributed by atoms with van der Waals surface area (Å²) in [6, 6.07) is 1.69. The molecule has 3 aromatic rings. The van der Waals surface area contributed by atoms with Crippen molar-refractivity contribution in [3.05, 3.63) is 59.3 Å². The second kappa shape index (κ2) is 7.06. The quantitative estimate of drug-likeness (QED) is 0.701. The van der Waals surface area contributed by atoms with E-state index >= 15 is 0 Å². The number of halogens is 1. The Labute approximate surface area is 168 Å². The van der Waals surface area contributed by atoms with Crippen LogP contribution in [-0.4, -0.2) is 30.6 Å². The average Bonchev–Trinajstić information content (AvgIpc) is 3.34. The van der Waals surface area contributed by atoms with Gasteiger partial charge in [-0.1, -0.05) is 31.6 Å². The molecule has 0 saturated carbocycles. The van der Waals surface area contributed by atoms with Gasteiger partial charge < -0.3 is 5.32 Å². The zero-order chi connectivity index (χ0) is 20.0. The van der Waals surface area contributed by atoms with Crippen LogP contribution in [0.1, 0.15) is 51.0 Å². The highest BCUT2D eigenvalue weighted by atomic mass is 19.1. The number of pyridine rings is 1. The summed E-state index contributed by atoms with van der Waals surface area (Å²) in [6.45, 7) is 4.22. The lowest BCUT2D eigenvalue weighted by Gasteiger charge is -2.25. The van der Waals surface area contributed by atoms with Crippen LogP contribution in [0, 0.1) is 5.82 Å². The molecule has 3 heterocycles. The normalized spacial score (nSPS) is 18.7. The van der Waals surface area contributed by atoms with Gasteiger partial charge in [0.25, 0.3) is 0 Å². The van der Waals surface area contributed by atoms with Crippen molar-refractivity contribution in [1.82, 2.24) is 24.6 Å². The monoisotopic (exact) mass is 390 g/mol. The molecule has 1 N–H and O–H groups in total. The molecule has 7 heteroatoms. The summed E-state index contributed by atoms with van der Waals surface area (Å²) in [5.41, 5.74) is 5.33. The molecule has 1 atom stereocenters. The highest BCUT2D eigenvalue weighted by molar-refractivity contribution is 5.62. The Balaban J connectivity index is 1.57. The Morgan fingerprint density at radius 1 is 1.21 bits per heavy atom. The largest absolute Gasteiger partial charge is 0.351 e. The van der Waals surface area contributed by atoms with E-state index in [4.69, 9.17) is 9.97 Å². The molecule has 0 bridgehead atoms. The smallest absolute Gasteiger partial charge is 0.228 e. The van der Waals surface area contributed by atoms with Gasteiger partial charge in [-0.3, -0.25) is 4.98 Å². The van der Waals surface area contributed by atoms with Crippen LogP contribution in [0.4, 0.5) is 10.3 Å². The summed E-state index contributed by atoms with van der Waals surface area (Å²) in [5, 5.41) is 8.12. The van der Waals surface area contributed by atoms with Gasteiger partial charge in [-0.2, -0.15) is 14.6 Å². The molecule has 2 aliphatic carbocycles. The van der Waals surface area contributed by atoms with E-state index in [1.165, 1.54) is 17.8 Å². The third-order valence-corrected chi connectivity index (χ3v) is 5.71. The van der Waals surface area contributed by atoms with E-state index in [1.807, 2.05) is 6.20 Å². The summed E-state index contributed by atoms with van der Waals surface area (Å²) >= 11 is 0. The average molecular weight is 390 g/mol. The molecule has 0 spiro atoms. The SMILES string of the molecule is CC(C)c1cnn2c(N[C@H]3CCC4=C(C=CC4)C3)nc(-c3cncc(F)c3)nc12. The Morgan fingerprint density at radius 2 is 2.10 bits per heavy atom. The summed E-state index contributed by atoms with van der Waals surface area (Å²) in [4.78, 5) is 13.4. The minimum atomic E-state index is -0.405. The number of anilines is 1. The van der Waals surface area contributed by atoms with Gasteiger partial charge in [-0.15, -0.1) is 0 Å². The molecule has 0 aromatic carbocycles. The van der Waals surface area contributed by atoms with Crippen LogP contribution in [-0.2, 0) is 0 Å². The fraction of sp³-hybridized carbons (Fsp3) is 0.364. The topological polar surface area (TPSA) is 68.0 Å². The van der Waals surface area contributed by atoms with Crippen molar-refractivity contribution in [2.75, 3.05) is 5.32 Å². The first-order valence-electron chi connectivity index (χ1n) is 10.1. The summed E-state index contributed by atoms with van der Waals surface area (Å²) < 4.78 is 15.5. The molecule has 5 rings (SSSR count). The van der Waals surface area contributed by atoms with Crippen molar-refractivity contribution in [2.24, 2.45) is 0 Å². The van der Waals surface area contributed by atoms with Gasteiger partial charge in [0.1, 0.15) is 5.82 Å². The highest BCUT2D eigenvalue weighted by Crippen LogP contribution is 2.34. The van der Waals surface area contributed by atoms with Crippen LogP contribution in [0.15, 0.2) is 48.0 Å². The van der Waals surface area contributed by atoms with Gasteiger partial charge >= 0.3 is 0 Å². The van der Waals surface area contributed by atoms with Gasteiger partial charge in [-0.05, 0) is 43.2 Å². The number of aromatic nitrogens is 5. The second-order valence-electron chi connectivity index (χ2n) is 8.07. The first-order valence-corrected chi connectivity index (χ1v) is 10.1. The maximum absolute atomic E-state index is 13.7. The van der Waals surface area contributed by atoms with Crippen LogP contribution >= 0.6 is 0 Å². The lowest BCUT2D eigenvalue weighted by molar-refractivity contribution is 0.601. The minimum absolute atomic E-state index is 0.264. The fourth-order valence-electron chi connectivity index (χ4n) is 4.15. The highest BCUT2D eigenvalue weighted by Gasteiger charge is 2.24. The van der Waals surface area contributed by atoms with Gasteiger partial charge in [0.05, 0.1) is 12.4 Å². The molecule has 0 radical (unpaired) electrons. The van der Waals surface area contributed by atoms with E-state index < -0.39 is 5.82 Å². The van der Waals surface area contributed by atoms with E-state index in [1.54, 1.807) is 16.3 Å². The zero-order valence-electron chi connectivity index (χ0n) is 16.6. The summed E-state index contributed by atoms with van der Waals surface area (Å²) in [5.74, 6) is 0.945. The maximum atomic E-state index is 13.7. The van der Waals surface area contributed by atoms with E-state index in [0.717, 1.165) is 36.9 Å². The molecule has 0 fully saturated rings. The molecule has 3 aromatic heterocycles. The van der Waals surface area contributed by atoms with E-state index in [-0.39, 0.29) is 12.0 Å². The molecule has 148 valence electrons. The third-order valence-electron chi connectivity index (χ3n) is 5.71. The number of fused-ring (bicyclic) bond motifs is 1. The number of allylic oxidation sites excluding steroid dienone is 3. The summed E-state index contributed by atoms with van der Waals surface area (Å²) in [6.07, 6.45) is 13.3. The van der Waals surface area contributed by atoms with E-state index in [0.29, 0.717) is 17.3 Å². The van der Waals surface area contributed by atoms with Gasteiger partial charge in [-0.25, -0.2) is 9.37 Å². The molecular weight excluding hydrogens is 367 g/mol. The van der Waals surface area contributed by atoms with E-state index in [2.05, 4.69) is 41.4 Å². The van der Waals surface area contributed by atoms with Crippen LogP contribution in [0.5, 0.6) is 0 Å². The van der Waals surface area contributed by atoms with E-state index in [9.17, 15) is 4.39 Å². The predicted molar refractivity (Wildman–Crippen MR) is 110 cm³/mol. The first kappa shape index (κ1) is 18.0. The van der Waals surface area contributed by atoms with Crippen molar-refractivity contribution >= 4 is 11.6 Å². The molecule has 0 amide bonds. The molecule has 2 aliphatic rings. The molecular formula is C22H23FN6. The predicted octanol–water partition coefficient (Wildman–Crippen LogP) is 4.67. The molecule has 6 nitrogen and oxygen atoms in total. The molecule has 0 aliphatic heterocycles. The molecule has 29 heavy (non-hydrogen) atoms. The Hall–Kier alpha value is -3.09. The Morgan fingerprint density at radius 3 is 2.93 bits per heavy atom. The fourth-order valence-corrected chi connectivity index (χ4v) is 4.15. The van der Waals surface area contributed by atoms with Gasteiger partial charge in [0, 0.05) is 23.4 Å². The lowest BCUT2D eigenvalue weighted by atomic mass is 9.90. The van der Waals surface area contributed by atoms with Crippen LogP contribution in [0.25, 0.3) is 17.0 Å². The van der Waals surface area contributed by atoms with Gasteiger partial charge in [0.2, 0.25) is 5.95 Å². The molecule has 0 unspecified atom stereocenters. The third kappa shape index (κ3) is 3.30. The molecule has 0 saturated heterocycles.